The van der Waals surface area contributed by atoms with Gasteiger partial charge in [0.1, 0.15) is 10.5 Å². The van der Waals surface area contributed by atoms with E-state index in [0.717, 1.165) is 19.2 Å². The van der Waals surface area contributed by atoms with Crippen molar-refractivity contribution in [2.24, 2.45) is 0 Å². The molecule has 6 nitrogen and oxygen atoms in total. The minimum absolute atomic E-state index is 0.252. The molecule has 0 spiro atoms. The predicted molar refractivity (Wildman–Crippen MR) is 81.4 cm³/mol. The van der Waals surface area contributed by atoms with Crippen molar-refractivity contribution in [1.29, 1.82) is 0 Å². The van der Waals surface area contributed by atoms with Crippen molar-refractivity contribution in [3.63, 3.8) is 0 Å². The number of halogens is 5. The Morgan fingerprint density at radius 1 is 0.963 bits per heavy atom. The fourth-order valence-electron chi connectivity index (χ4n) is 2.08. The third kappa shape index (κ3) is 3.65. The van der Waals surface area contributed by atoms with Gasteiger partial charge in [0.25, 0.3) is 10.0 Å². The van der Waals surface area contributed by atoms with E-state index in [-0.39, 0.29) is 5.75 Å². The number of nitrogens with one attached hydrogen (secondary N) is 1. The predicted octanol–water partition coefficient (Wildman–Crippen LogP) is 2.98. The molecule has 0 aromatic heterocycles. The van der Waals surface area contributed by atoms with Crippen LogP contribution in [0.3, 0.4) is 0 Å². The van der Waals surface area contributed by atoms with E-state index in [0.29, 0.717) is 13.2 Å². The zero-order valence-corrected chi connectivity index (χ0v) is 14.4. The molecule has 0 saturated carbocycles. The first-order valence-corrected chi connectivity index (χ1v) is 8.34. The van der Waals surface area contributed by atoms with E-state index in [9.17, 15) is 35.2 Å². The average Bonchev–Trinajstić information content (AvgIpc) is 2.61. The average molecular weight is 411 g/mol. The standard InChI is InChI=1S/C15H10F5NO5S/c1-25-8-4-3-6(5-7(8)16)21-27(23,24)14-9(15(22)26-2)10(17)11(18)12(19)13(14)20/h3-5,21H,1-2H3. The molecule has 0 fully saturated rings. The molecule has 0 aliphatic rings. The first-order valence-electron chi connectivity index (χ1n) is 6.85. The molecule has 2 rings (SSSR count). The number of methoxy groups -OCH3 is 2. The normalized spacial score (nSPS) is 11.2. The van der Waals surface area contributed by atoms with Crippen molar-refractivity contribution in [2.75, 3.05) is 18.9 Å². The van der Waals surface area contributed by atoms with Gasteiger partial charge in [0.05, 0.1) is 19.9 Å². The molecule has 0 aliphatic carbocycles. The zero-order chi connectivity index (χ0) is 20.5. The molecule has 0 amide bonds. The molecule has 0 aliphatic heterocycles. The summed E-state index contributed by atoms with van der Waals surface area (Å²) < 4.78 is 104. The smallest absolute Gasteiger partial charge is 0.342 e. The van der Waals surface area contributed by atoms with Crippen LogP contribution in [0.2, 0.25) is 0 Å². The highest BCUT2D eigenvalue weighted by Crippen LogP contribution is 2.30. The van der Waals surface area contributed by atoms with Crippen molar-refractivity contribution >= 4 is 21.7 Å². The minimum Gasteiger partial charge on any atom is -0.494 e. The lowest BCUT2D eigenvalue weighted by Crippen LogP contribution is -2.23. The molecule has 12 heteroatoms. The maximum Gasteiger partial charge on any atom is 0.342 e. The van der Waals surface area contributed by atoms with Gasteiger partial charge in [0, 0.05) is 6.07 Å². The Hall–Kier alpha value is -2.89. The molecule has 0 unspecified atom stereocenters. The van der Waals surface area contributed by atoms with Crippen LogP contribution in [0.5, 0.6) is 5.75 Å². The third-order valence-corrected chi connectivity index (χ3v) is 4.71. The number of hydrogen-bond acceptors (Lipinski definition) is 5. The number of carbonyl (C=O) groups excluding carboxylic acids is 1. The van der Waals surface area contributed by atoms with Gasteiger partial charge in [0.2, 0.25) is 0 Å². The van der Waals surface area contributed by atoms with Crippen LogP contribution < -0.4 is 9.46 Å². The Bertz CT molecular complexity index is 1030. The van der Waals surface area contributed by atoms with E-state index in [1.165, 1.54) is 0 Å². The largest absolute Gasteiger partial charge is 0.494 e. The second-order valence-corrected chi connectivity index (χ2v) is 6.53. The number of ether oxygens (including phenoxy) is 2. The number of sulfonamides is 1. The van der Waals surface area contributed by atoms with Crippen LogP contribution in [0.15, 0.2) is 23.1 Å². The topological polar surface area (TPSA) is 81.7 Å². The minimum atomic E-state index is -5.21. The summed E-state index contributed by atoms with van der Waals surface area (Å²) in [7, 11) is -3.38. The van der Waals surface area contributed by atoms with E-state index in [2.05, 4.69) is 9.47 Å². The van der Waals surface area contributed by atoms with Gasteiger partial charge in [-0.2, -0.15) is 0 Å². The summed E-state index contributed by atoms with van der Waals surface area (Å²) >= 11 is 0. The van der Waals surface area contributed by atoms with E-state index >= 15 is 0 Å². The maximum atomic E-state index is 14.1. The number of anilines is 1. The molecule has 0 radical (unpaired) electrons. The van der Waals surface area contributed by atoms with E-state index in [1.54, 1.807) is 4.72 Å². The molecule has 2 aromatic carbocycles. The molecule has 0 heterocycles. The molecule has 146 valence electrons. The van der Waals surface area contributed by atoms with Crippen molar-refractivity contribution in [1.82, 2.24) is 0 Å². The molecular formula is C15H10F5NO5S. The summed E-state index contributed by atoms with van der Waals surface area (Å²) in [6.45, 7) is 0. The Morgan fingerprint density at radius 2 is 1.56 bits per heavy atom. The second kappa shape index (κ2) is 7.39. The summed E-state index contributed by atoms with van der Waals surface area (Å²) in [5.74, 6) is -12.5. The quantitative estimate of drug-likeness (QED) is 0.354. The van der Waals surface area contributed by atoms with Gasteiger partial charge in [-0.3, -0.25) is 4.72 Å². The summed E-state index contributed by atoms with van der Waals surface area (Å²) in [5.41, 5.74) is -2.18. The monoisotopic (exact) mass is 411 g/mol. The summed E-state index contributed by atoms with van der Waals surface area (Å²) in [5, 5.41) is 0. The van der Waals surface area contributed by atoms with Crippen molar-refractivity contribution in [2.45, 2.75) is 4.90 Å². The van der Waals surface area contributed by atoms with Crippen LogP contribution in [0.25, 0.3) is 0 Å². The first kappa shape index (κ1) is 20.4. The highest BCUT2D eigenvalue weighted by atomic mass is 32.2. The van der Waals surface area contributed by atoms with Gasteiger partial charge in [-0.1, -0.05) is 0 Å². The van der Waals surface area contributed by atoms with E-state index in [4.69, 9.17) is 0 Å². The lowest BCUT2D eigenvalue weighted by molar-refractivity contribution is 0.0587. The first-order chi connectivity index (χ1) is 12.5. The molecule has 27 heavy (non-hydrogen) atoms. The Labute approximate surface area is 149 Å². The summed E-state index contributed by atoms with van der Waals surface area (Å²) in [6, 6.07) is 2.63. The van der Waals surface area contributed by atoms with Crippen LogP contribution in [-0.4, -0.2) is 28.6 Å². The van der Waals surface area contributed by atoms with Crippen molar-refractivity contribution in [3.8, 4) is 5.75 Å². The lowest BCUT2D eigenvalue weighted by Gasteiger charge is -2.14. The third-order valence-electron chi connectivity index (χ3n) is 3.29. The van der Waals surface area contributed by atoms with Crippen LogP contribution in [0, 0.1) is 29.1 Å². The highest BCUT2D eigenvalue weighted by Gasteiger charge is 2.36. The fraction of sp³-hybridized carbons (Fsp3) is 0.133. The molecule has 2 aromatic rings. The number of esters is 1. The SMILES string of the molecule is COC(=O)c1c(F)c(F)c(F)c(F)c1S(=O)(=O)Nc1ccc(OC)c(F)c1. The van der Waals surface area contributed by atoms with Crippen molar-refractivity contribution < 1.29 is 44.6 Å². The number of benzene rings is 2. The van der Waals surface area contributed by atoms with Gasteiger partial charge in [-0.15, -0.1) is 0 Å². The van der Waals surface area contributed by atoms with Crippen LogP contribution in [-0.2, 0) is 14.8 Å². The molecule has 0 saturated heterocycles. The molecule has 0 bridgehead atoms. The van der Waals surface area contributed by atoms with Gasteiger partial charge in [0.15, 0.2) is 34.8 Å². The zero-order valence-electron chi connectivity index (χ0n) is 13.6. The highest BCUT2D eigenvalue weighted by molar-refractivity contribution is 7.92. The lowest BCUT2D eigenvalue weighted by atomic mass is 10.2. The maximum absolute atomic E-state index is 14.1. The van der Waals surface area contributed by atoms with E-state index < -0.39 is 61.2 Å². The molecule has 0 atom stereocenters. The number of rotatable bonds is 5. The van der Waals surface area contributed by atoms with Gasteiger partial charge in [-0.05, 0) is 12.1 Å². The van der Waals surface area contributed by atoms with Crippen LogP contribution in [0.1, 0.15) is 10.4 Å². The van der Waals surface area contributed by atoms with Gasteiger partial charge >= 0.3 is 5.97 Å². The Balaban J connectivity index is 2.68. The van der Waals surface area contributed by atoms with Crippen LogP contribution >= 0.6 is 0 Å². The summed E-state index contributed by atoms with van der Waals surface area (Å²) in [6.07, 6.45) is 0. The Kier molecular flexibility index (Phi) is 5.59. The molecular weight excluding hydrogens is 401 g/mol. The van der Waals surface area contributed by atoms with Crippen LogP contribution in [0.4, 0.5) is 27.6 Å². The van der Waals surface area contributed by atoms with Gasteiger partial charge in [-0.25, -0.2) is 35.2 Å². The summed E-state index contributed by atoms with van der Waals surface area (Å²) in [4.78, 5) is 9.79. The second-order valence-electron chi connectivity index (χ2n) is 4.91. The van der Waals surface area contributed by atoms with Gasteiger partial charge < -0.3 is 9.47 Å². The Morgan fingerprint density at radius 3 is 2.07 bits per heavy atom. The fourth-order valence-corrected chi connectivity index (χ4v) is 3.39. The number of carbonyl (C=O) groups is 1. The number of hydrogen-bond donors (Lipinski definition) is 1. The van der Waals surface area contributed by atoms with Crippen molar-refractivity contribution in [3.05, 3.63) is 52.8 Å². The molecule has 1 N–H and O–H groups in total. The van der Waals surface area contributed by atoms with E-state index in [1.807, 2.05) is 0 Å².